The maximum atomic E-state index is 10.9. The molecule has 2 aromatic rings. The third-order valence-electron chi connectivity index (χ3n) is 3.35. The van der Waals surface area contributed by atoms with Gasteiger partial charge in [0.05, 0.1) is 17.7 Å². The largest absolute Gasteiger partial charge is 0.481 e. The fourth-order valence-corrected chi connectivity index (χ4v) is 2.34. The molecule has 0 spiro atoms. The van der Waals surface area contributed by atoms with Crippen molar-refractivity contribution in [3.8, 4) is 11.4 Å². The summed E-state index contributed by atoms with van der Waals surface area (Å²) in [5.74, 6) is 0.0260. The number of rotatable bonds is 3. The Labute approximate surface area is 103 Å². The standard InChI is InChI=1S/C12H12N2O4/c15-12(16)8-2-1-7(5-8)11-13-10(14-18-11)9-3-4-17-6-9/h3-4,6-8H,1-2,5H2,(H,15,16). The maximum Gasteiger partial charge on any atom is 0.306 e. The van der Waals surface area contributed by atoms with Gasteiger partial charge in [0.15, 0.2) is 0 Å². The third kappa shape index (κ3) is 1.90. The first kappa shape index (κ1) is 11.0. The predicted molar refractivity (Wildman–Crippen MR) is 59.7 cm³/mol. The molecule has 0 aromatic carbocycles. The van der Waals surface area contributed by atoms with Crippen molar-refractivity contribution in [2.75, 3.05) is 0 Å². The zero-order valence-corrected chi connectivity index (χ0v) is 9.57. The highest BCUT2D eigenvalue weighted by molar-refractivity contribution is 5.70. The van der Waals surface area contributed by atoms with E-state index in [-0.39, 0.29) is 11.8 Å². The Morgan fingerprint density at radius 1 is 1.44 bits per heavy atom. The summed E-state index contributed by atoms with van der Waals surface area (Å²) in [5, 5.41) is 12.8. The molecule has 94 valence electrons. The van der Waals surface area contributed by atoms with E-state index in [0.29, 0.717) is 24.6 Å². The molecule has 2 atom stereocenters. The van der Waals surface area contributed by atoms with E-state index in [9.17, 15) is 4.79 Å². The average Bonchev–Trinajstić information content (AvgIpc) is 3.10. The van der Waals surface area contributed by atoms with Gasteiger partial charge in [-0.1, -0.05) is 5.16 Å². The molecule has 0 radical (unpaired) electrons. The Bertz CT molecular complexity index is 546. The molecule has 6 nitrogen and oxygen atoms in total. The Kier molecular flexibility index (Phi) is 2.62. The van der Waals surface area contributed by atoms with Gasteiger partial charge in [0.1, 0.15) is 6.26 Å². The molecule has 18 heavy (non-hydrogen) atoms. The SMILES string of the molecule is O=C(O)C1CCC(c2nc(-c3ccoc3)no2)C1. The minimum Gasteiger partial charge on any atom is -0.481 e. The van der Waals surface area contributed by atoms with E-state index in [2.05, 4.69) is 10.1 Å². The van der Waals surface area contributed by atoms with Crippen molar-refractivity contribution in [1.82, 2.24) is 10.1 Å². The number of carbonyl (C=O) groups is 1. The molecule has 0 aliphatic heterocycles. The van der Waals surface area contributed by atoms with Gasteiger partial charge in [-0.3, -0.25) is 4.79 Å². The zero-order chi connectivity index (χ0) is 12.5. The summed E-state index contributed by atoms with van der Waals surface area (Å²) in [6.07, 6.45) is 5.11. The van der Waals surface area contributed by atoms with Crippen LogP contribution in [0.5, 0.6) is 0 Å². The molecule has 0 bridgehead atoms. The van der Waals surface area contributed by atoms with Crippen molar-refractivity contribution in [3.63, 3.8) is 0 Å². The molecule has 2 aromatic heterocycles. The average molecular weight is 248 g/mol. The summed E-state index contributed by atoms with van der Waals surface area (Å²) in [6, 6.07) is 1.75. The van der Waals surface area contributed by atoms with Crippen molar-refractivity contribution < 1.29 is 18.8 Å². The van der Waals surface area contributed by atoms with Crippen LogP contribution in [0.4, 0.5) is 0 Å². The Morgan fingerprint density at radius 3 is 3.00 bits per heavy atom. The Balaban J connectivity index is 1.77. The van der Waals surface area contributed by atoms with Crippen LogP contribution in [0.1, 0.15) is 31.1 Å². The summed E-state index contributed by atoms with van der Waals surface area (Å²) in [6.45, 7) is 0. The Morgan fingerprint density at radius 2 is 2.33 bits per heavy atom. The van der Waals surface area contributed by atoms with Gasteiger partial charge in [-0.2, -0.15) is 4.98 Å². The molecule has 0 amide bonds. The molecule has 3 rings (SSSR count). The highest BCUT2D eigenvalue weighted by Gasteiger charge is 2.33. The van der Waals surface area contributed by atoms with Crippen molar-refractivity contribution in [2.24, 2.45) is 5.92 Å². The first-order valence-corrected chi connectivity index (χ1v) is 5.83. The lowest BCUT2D eigenvalue weighted by Crippen LogP contribution is -2.09. The Hall–Kier alpha value is -2.11. The van der Waals surface area contributed by atoms with Crippen LogP contribution < -0.4 is 0 Å². The topological polar surface area (TPSA) is 89.4 Å². The monoisotopic (exact) mass is 248 g/mol. The molecule has 1 saturated carbocycles. The van der Waals surface area contributed by atoms with E-state index in [0.717, 1.165) is 12.0 Å². The molecule has 6 heteroatoms. The van der Waals surface area contributed by atoms with Crippen LogP contribution in [0.3, 0.4) is 0 Å². The van der Waals surface area contributed by atoms with Gasteiger partial charge in [-0.05, 0) is 25.3 Å². The summed E-state index contributed by atoms with van der Waals surface area (Å²) >= 11 is 0. The second-order valence-electron chi connectivity index (χ2n) is 4.51. The number of carboxylic acid groups (broad SMARTS) is 1. The minimum absolute atomic E-state index is 0.0549. The van der Waals surface area contributed by atoms with Gasteiger partial charge in [0.2, 0.25) is 11.7 Å². The highest BCUT2D eigenvalue weighted by atomic mass is 16.5. The van der Waals surface area contributed by atoms with Crippen LogP contribution in [0.15, 0.2) is 27.5 Å². The minimum atomic E-state index is -0.743. The molecule has 2 heterocycles. The summed E-state index contributed by atoms with van der Waals surface area (Å²) in [7, 11) is 0. The van der Waals surface area contributed by atoms with E-state index >= 15 is 0 Å². The molecular weight excluding hydrogens is 236 g/mol. The first-order chi connectivity index (χ1) is 8.74. The van der Waals surface area contributed by atoms with Gasteiger partial charge in [0, 0.05) is 5.92 Å². The van der Waals surface area contributed by atoms with Crippen molar-refractivity contribution in [2.45, 2.75) is 25.2 Å². The maximum absolute atomic E-state index is 10.9. The molecule has 1 fully saturated rings. The van der Waals surface area contributed by atoms with Gasteiger partial charge in [0.25, 0.3) is 0 Å². The van der Waals surface area contributed by atoms with Gasteiger partial charge in [-0.15, -0.1) is 0 Å². The fourth-order valence-electron chi connectivity index (χ4n) is 2.34. The van der Waals surface area contributed by atoms with E-state index in [1.54, 1.807) is 18.6 Å². The predicted octanol–water partition coefficient (Wildman–Crippen LogP) is 2.30. The summed E-state index contributed by atoms with van der Waals surface area (Å²) < 4.78 is 10.2. The number of furan rings is 1. The molecule has 1 N–H and O–H groups in total. The number of aromatic nitrogens is 2. The summed E-state index contributed by atoms with van der Waals surface area (Å²) in [5.41, 5.74) is 0.762. The zero-order valence-electron chi connectivity index (χ0n) is 9.57. The van der Waals surface area contributed by atoms with E-state index < -0.39 is 5.97 Å². The van der Waals surface area contributed by atoms with Gasteiger partial charge >= 0.3 is 5.97 Å². The van der Waals surface area contributed by atoms with E-state index in [1.165, 1.54) is 0 Å². The molecule has 2 unspecified atom stereocenters. The second-order valence-corrected chi connectivity index (χ2v) is 4.51. The van der Waals surface area contributed by atoms with E-state index in [1.807, 2.05) is 0 Å². The van der Waals surface area contributed by atoms with Crippen molar-refractivity contribution in [3.05, 3.63) is 24.5 Å². The second kappa shape index (κ2) is 4.29. The lowest BCUT2D eigenvalue weighted by molar-refractivity contribution is -0.141. The van der Waals surface area contributed by atoms with Crippen molar-refractivity contribution in [1.29, 1.82) is 0 Å². The number of carboxylic acids is 1. The van der Waals surface area contributed by atoms with Crippen LogP contribution >= 0.6 is 0 Å². The molecule has 0 saturated heterocycles. The lowest BCUT2D eigenvalue weighted by atomic mass is 10.1. The van der Waals surface area contributed by atoms with Crippen LogP contribution in [-0.2, 0) is 4.79 Å². The lowest BCUT2D eigenvalue weighted by Gasteiger charge is -2.02. The third-order valence-corrected chi connectivity index (χ3v) is 3.35. The smallest absolute Gasteiger partial charge is 0.306 e. The van der Waals surface area contributed by atoms with Gasteiger partial charge < -0.3 is 14.0 Å². The first-order valence-electron chi connectivity index (χ1n) is 5.83. The number of hydrogen-bond donors (Lipinski definition) is 1. The molecule has 1 aliphatic carbocycles. The van der Waals surface area contributed by atoms with E-state index in [4.69, 9.17) is 14.0 Å². The van der Waals surface area contributed by atoms with Gasteiger partial charge in [-0.25, -0.2) is 0 Å². The fraction of sp³-hybridized carbons (Fsp3) is 0.417. The molecule has 1 aliphatic rings. The van der Waals surface area contributed by atoms with Crippen LogP contribution in [0.2, 0.25) is 0 Å². The normalized spacial score (nSPS) is 23.3. The summed E-state index contributed by atoms with van der Waals surface area (Å²) in [4.78, 5) is 15.2. The highest BCUT2D eigenvalue weighted by Crippen LogP contribution is 2.38. The number of aliphatic carboxylic acids is 1. The molecular formula is C12H12N2O4. The quantitative estimate of drug-likeness (QED) is 0.896. The van der Waals surface area contributed by atoms with Crippen molar-refractivity contribution >= 4 is 5.97 Å². The van der Waals surface area contributed by atoms with Crippen LogP contribution in [0.25, 0.3) is 11.4 Å². The van der Waals surface area contributed by atoms with Crippen LogP contribution in [0, 0.1) is 5.92 Å². The number of hydrogen-bond acceptors (Lipinski definition) is 5. The van der Waals surface area contributed by atoms with Crippen LogP contribution in [-0.4, -0.2) is 21.2 Å². The number of nitrogens with zero attached hydrogens (tertiary/aromatic N) is 2.